The van der Waals surface area contributed by atoms with E-state index in [0.717, 1.165) is 29.7 Å². The molecular formula is C34H38ClFN6O3. The average Bonchev–Trinajstić information content (AvgIpc) is 2.97. The van der Waals surface area contributed by atoms with Crippen molar-refractivity contribution in [3.8, 4) is 16.9 Å². The number of ether oxygens (including phenoxy) is 1. The molecule has 3 fully saturated rings. The second kappa shape index (κ2) is 11.4. The molecule has 2 unspecified atom stereocenters. The summed E-state index contributed by atoms with van der Waals surface area (Å²) < 4.78 is 22.4. The van der Waals surface area contributed by atoms with Gasteiger partial charge in [0, 0.05) is 30.9 Å². The van der Waals surface area contributed by atoms with Gasteiger partial charge < -0.3 is 14.5 Å². The van der Waals surface area contributed by atoms with Gasteiger partial charge in [0.1, 0.15) is 17.2 Å². The van der Waals surface area contributed by atoms with Crippen molar-refractivity contribution >= 4 is 34.5 Å². The first-order valence-corrected chi connectivity index (χ1v) is 15.7. The van der Waals surface area contributed by atoms with Gasteiger partial charge in [0.15, 0.2) is 5.65 Å². The second-order valence-electron chi connectivity index (χ2n) is 13.4. The van der Waals surface area contributed by atoms with Crippen molar-refractivity contribution in [3.63, 3.8) is 0 Å². The zero-order valence-electron chi connectivity index (χ0n) is 26.7. The van der Waals surface area contributed by atoms with Crippen LogP contribution < -0.4 is 10.6 Å². The number of carbonyl (C=O) groups excluding carboxylic acids is 1. The van der Waals surface area contributed by atoms with Crippen LogP contribution in [0, 0.1) is 19.7 Å². The number of nitrogens with zero attached hydrogens (tertiary/aromatic N) is 6. The minimum atomic E-state index is -0.605. The molecule has 0 saturated carbocycles. The number of piperazine rings is 1. The highest BCUT2D eigenvalue weighted by Crippen LogP contribution is 2.39. The van der Waals surface area contributed by atoms with E-state index in [-0.39, 0.29) is 40.4 Å². The number of fused-ring (bicyclic) bond motifs is 4. The van der Waals surface area contributed by atoms with E-state index in [0.29, 0.717) is 35.6 Å². The van der Waals surface area contributed by atoms with Gasteiger partial charge in [-0.05, 0) is 83.2 Å². The number of benzene rings is 1. The number of rotatable bonds is 4. The van der Waals surface area contributed by atoms with Crippen LogP contribution in [0.25, 0.3) is 28.0 Å². The Hall–Kier alpha value is -4.05. The Morgan fingerprint density at radius 2 is 1.80 bits per heavy atom. The first-order chi connectivity index (χ1) is 21.2. The summed E-state index contributed by atoms with van der Waals surface area (Å²) in [5.41, 5.74) is 2.67. The Morgan fingerprint density at radius 1 is 1.07 bits per heavy atom. The van der Waals surface area contributed by atoms with Crippen LogP contribution >= 0.6 is 11.6 Å². The van der Waals surface area contributed by atoms with Gasteiger partial charge >= 0.3 is 11.8 Å². The maximum atomic E-state index is 15.2. The fraction of sp³-hybridized carbons (Fsp3) is 0.441. The summed E-state index contributed by atoms with van der Waals surface area (Å²) in [6, 6.07) is 8.15. The molecule has 0 aliphatic carbocycles. The molecule has 236 valence electrons. The number of pyridine rings is 2. The van der Waals surface area contributed by atoms with E-state index in [1.807, 2.05) is 54.5 Å². The van der Waals surface area contributed by atoms with Crippen LogP contribution in [0.5, 0.6) is 0 Å². The molecular weight excluding hydrogens is 595 g/mol. The van der Waals surface area contributed by atoms with Gasteiger partial charge in [0.05, 0.1) is 33.5 Å². The Labute approximate surface area is 267 Å². The van der Waals surface area contributed by atoms with E-state index in [4.69, 9.17) is 21.3 Å². The van der Waals surface area contributed by atoms with Crippen LogP contribution in [0.15, 0.2) is 41.3 Å². The van der Waals surface area contributed by atoms with Gasteiger partial charge in [0.25, 0.3) is 0 Å². The molecule has 1 aromatic carbocycles. The maximum Gasteiger partial charge on any atom is 0.410 e. The lowest BCUT2D eigenvalue weighted by molar-refractivity contribution is 0.000811. The summed E-state index contributed by atoms with van der Waals surface area (Å²) in [5.74, 6) is -0.0178. The van der Waals surface area contributed by atoms with Crippen LogP contribution in [0.1, 0.15) is 70.2 Å². The molecule has 2 atom stereocenters. The van der Waals surface area contributed by atoms with Gasteiger partial charge in [-0.3, -0.25) is 4.98 Å². The lowest BCUT2D eigenvalue weighted by Gasteiger charge is -2.51. The highest BCUT2D eigenvalue weighted by atomic mass is 35.5. The number of carbonyl (C=O) groups is 1. The molecule has 4 aromatic rings. The van der Waals surface area contributed by atoms with Gasteiger partial charge in [-0.1, -0.05) is 37.1 Å². The first kappa shape index (κ1) is 31.0. The van der Waals surface area contributed by atoms with Gasteiger partial charge in [-0.25, -0.2) is 23.5 Å². The number of aromatic nitrogens is 4. The molecule has 1 amide bonds. The standard InChI is InChI=1S/C34H38ClFN6O3/c1-18(2)27-29(20(4)12-13-37-27)42-31-24(15-25(35)28(38-31)23-14-19(3)8-11-26(23)36)30(39-32(42)43)40-16-22-10-9-21(40)17-41(22)33(44)45-34(5,6)7/h8,11-15,18,21-22H,9-10,16-17H2,1-7H3. The normalized spacial score (nSPS) is 18.3. The molecule has 3 aliphatic heterocycles. The highest BCUT2D eigenvalue weighted by Gasteiger charge is 2.44. The van der Waals surface area contributed by atoms with Crippen molar-refractivity contribution in [3.05, 3.63) is 74.7 Å². The summed E-state index contributed by atoms with van der Waals surface area (Å²) >= 11 is 6.88. The van der Waals surface area contributed by atoms with Gasteiger partial charge in [-0.2, -0.15) is 4.98 Å². The first-order valence-electron chi connectivity index (χ1n) is 15.4. The zero-order valence-corrected chi connectivity index (χ0v) is 27.4. The van der Waals surface area contributed by atoms with Crippen LogP contribution in [0.4, 0.5) is 15.0 Å². The molecule has 9 nitrogen and oxygen atoms in total. The fourth-order valence-electron chi connectivity index (χ4n) is 6.45. The summed E-state index contributed by atoms with van der Waals surface area (Å²) in [7, 11) is 0. The van der Waals surface area contributed by atoms with Crippen LogP contribution in [0.3, 0.4) is 0 Å². The third-order valence-electron chi connectivity index (χ3n) is 8.53. The summed E-state index contributed by atoms with van der Waals surface area (Å²) in [5, 5.41) is 0.801. The fourth-order valence-corrected chi connectivity index (χ4v) is 6.71. The summed E-state index contributed by atoms with van der Waals surface area (Å²) in [6.45, 7) is 14.3. The lowest BCUT2D eigenvalue weighted by atomic mass is 9.91. The zero-order chi connectivity index (χ0) is 32.4. The number of amides is 1. The van der Waals surface area contributed by atoms with Crippen molar-refractivity contribution in [2.24, 2.45) is 0 Å². The van der Waals surface area contributed by atoms with E-state index >= 15 is 4.39 Å². The summed E-state index contributed by atoms with van der Waals surface area (Å²) in [6.07, 6.45) is 3.02. The Morgan fingerprint density at radius 3 is 2.47 bits per heavy atom. The molecule has 6 heterocycles. The van der Waals surface area contributed by atoms with E-state index in [1.54, 1.807) is 29.3 Å². The minimum Gasteiger partial charge on any atom is -0.444 e. The van der Waals surface area contributed by atoms with Gasteiger partial charge in [-0.15, -0.1) is 0 Å². The number of piperidine rings is 2. The van der Waals surface area contributed by atoms with E-state index in [9.17, 15) is 9.59 Å². The molecule has 0 N–H and O–H groups in total. The number of halogens is 2. The largest absolute Gasteiger partial charge is 0.444 e. The van der Waals surface area contributed by atoms with Crippen LogP contribution in [-0.4, -0.2) is 61.3 Å². The van der Waals surface area contributed by atoms with Crippen LogP contribution in [-0.2, 0) is 4.74 Å². The van der Waals surface area contributed by atoms with Crippen molar-refractivity contribution in [2.75, 3.05) is 18.0 Å². The smallest absolute Gasteiger partial charge is 0.410 e. The third-order valence-corrected chi connectivity index (χ3v) is 8.82. The van der Waals surface area contributed by atoms with Crippen LogP contribution in [0.2, 0.25) is 5.02 Å². The third kappa shape index (κ3) is 5.65. The topological polar surface area (TPSA) is 93.5 Å². The van der Waals surface area contributed by atoms with Crippen molar-refractivity contribution < 1.29 is 13.9 Å². The summed E-state index contributed by atoms with van der Waals surface area (Å²) in [4.78, 5) is 45.3. The highest BCUT2D eigenvalue weighted by molar-refractivity contribution is 6.33. The number of hydrogen-bond acceptors (Lipinski definition) is 7. The molecule has 45 heavy (non-hydrogen) atoms. The Bertz CT molecular complexity index is 1890. The predicted octanol–water partition coefficient (Wildman–Crippen LogP) is 6.96. The van der Waals surface area contributed by atoms with Gasteiger partial charge in [0.2, 0.25) is 0 Å². The number of anilines is 1. The predicted molar refractivity (Wildman–Crippen MR) is 174 cm³/mol. The molecule has 0 spiro atoms. The van der Waals surface area contributed by atoms with E-state index < -0.39 is 17.1 Å². The van der Waals surface area contributed by atoms with Crippen molar-refractivity contribution in [2.45, 2.75) is 84.9 Å². The molecule has 7 rings (SSSR count). The molecule has 0 radical (unpaired) electrons. The monoisotopic (exact) mass is 632 g/mol. The maximum absolute atomic E-state index is 15.2. The quantitative estimate of drug-likeness (QED) is 0.240. The lowest BCUT2D eigenvalue weighted by Crippen LogP contribution is -2.65. The SMILES string of the molecule is Cc1ccc(F)c(-c2nc3c(cc2Cl)c(N2CC4CCC2CN4C(=O)OC(C)(C)C)nc(=O)n3-c2c(C)ccnc2C(C)C)c1. The minimum absolute atomic E-state index is 0.000758. The van der Waals surface area contributed by atoms with E-state index in [1.165, 1.54) is 10.6 Å². The molecule has 3 aromatic heterocycles. The Balaban J connectivity index is 1.56. The number of aryl methyl sites for hydroxylation is 2. The van der Waals surface area contributed by atoms with Crippen molar-refractivity contribution in [1.82, 2.24) is 24.4 Å². The molecule has 3 aliphatic rings. The molecule has 2 bridgehead atoms. The second-order valence-corrected chi connectivity index (χ2v) is 13.8. The van der Waals surface area contributed by atoms with Crippen molar-refractivity contribution in [1.29, 1.82) is 0 Å². The molecule has 11 heteroatoms. The average molecular weight is 633 g/mol. The van der Waals surface area contributed by atoms with E-state index in [2.05, 4.69) is 14.9 Å². The number of hydrogen-bond donors (Lipinski definition) is 0. The Kier molecular flexibility index (Phi) is 7.83. The molecule has 3 saturated heterocycles.